The van der Waals surface area contributed by atoms with E-state index >= 15 is 0 Å². The quantitative estimate of drug-likeness (QED) is 0.854. The second-order valence-corrected chi connectivity index (χ2v) is 4.69. The van der Waals surface area contributed by atoms with Crippen molar-refractivity contribution >= 4 is 11.5 Å². The van der Waals surface area contributed by atoms with Gasteiger partial charge in [-0.3, -0.25) is 0 Å². The lowest BCUT2D eigenvalue weighted by atomic mass is 10.2. The van der Waals surface area contributed by atoms with E-state index in [1.165, 1.54) is 0 Å². The molecule has 1 aromatic carbocycles. The zero-order chi connectivity index (χ0) is 15.4. The van der Waals surface area contributed by atoms with Crippen molar-refractivity contribution in [3.63, 3.8) is 0 Å². The Morgan fingerprint density at radius 3 is 2.67 bits per heavy atom. The van der Waals surface area contributed by atoms with E-state index in [2.05, 4.69) is 10.4 Å². The number of benzene rings is 1. The standard InChI is InChI=1S/C15H22N4O2/c1-5-19-15(14(16)10(2)18-19)17-9-11-6-7-12(20-3)8-13(11)21-4/h6-8,17H,5,9,16H2,1-4H3. The number of hydrogen-bond donors (Lipinski definition) is 2. The molecule has 0 bridgehead atoms. The SMILES string of the molecule is CCn1nc(C)c(N)c1NCc1ccc(OC)cc1OC. The number of nitrogens with zero attached hydrogens (tertiary/aromatic N) is 2. The molecule has 0 aliphatic heterocycles. The summed E-state index contributed by atoms with van der Waals surface area (Å²) in [6, 6.07) is 5.74. The van der Waals surface area contributed by atoms with Crippen molar-refractivity contribution in [3.05, 3.63) is 29.5 Å². The zero-order valence-electron chi connectivity index (χ0n) is 12.9. The van der Waals surface area contributed by atoms with E-state index in [1.807, 2.05) is 36.7 Å². The summed E-state index contributed by atoms with van der Waals surface area (Å²) in [6.45, 7) is 5.30. The van der Waals surface area contributed by atoms with Crippen LogP contribution in [0.3, 0.4) is 0 Å². The molecule has 6 nitrogen and oxygen atoms in total. The van der Waals surface area contributed by atoms with Gasteiger partial charge in [-0.2, -0.15) is 5.10 Å². The van der Waals surface area contributed by atoms with Crippen LogP contribution in [0.1, 0.15) is 18.2 Å². The molecule has 2 rings (SSSR count). The molecule has 0 atom stereocenters. The molecule has 114 valence electrons. The van der Waals surface area contributed by atoms with E-state index < -0.39 is 0 Å². The Morgan fingerprint density at radius 1 is 1.29 bits per heavy atom. The van der Waals surface area contributed by atoms with Gasteiger partial charge in [-0.05, 0) is 26.0 Å². The zero-order valence-corrected chi connectivity index (χ0v) is 12.9. The average molecular weight is 290 g/mol. The summed E-state index contributed by atoms with van der Waals surface area (Å²) in [5.74, 6) is 2.39. The Kier molecular flexibility index (Phi) is 4.57. The number of rotatable bonds is 6. The van der Waals surface area contributed by atoms with Gasteiger partial charge in [-0.15, -0.1) is 0 Å². The summed E-state index contributed by atoms with van der Waals surface area (Å²) in [4.78, 5) is 0. The minimum Gasteiger partial charge on any atom is -0.497 e. The third-order valence-electron chi connectivity index (χ3n) is 3.41. The Bertz CT molecular complexity index is 622. The topological polar surface area (TPSA) is 74.3 Å². The lowest BCUT2D eigenvalue weighted by Gasteiger charge is -2.13. The highest BCUT2D eigenvalue weighted by Gasteiger charge is 2.12. The minimum absolute atomic E-state index is 0.600. The smallest absolute Gasteiger partial charge is 0.148 e. The third-order valence-corrected chi connectivity index (χ3v) is 3.41. The van der Waals surface area contributed by atoms with Gasteiger partial charge in [0.2, 0.25) is 0 Å². The van der Waals surface area contributed by atoms with Gasteiger partial charge in [0, 0.05) is 24.7 Å². The molecule has 1 heterocycles. The van der Waals surface area contributed by atoms with Gasteiger partial charge in [0.25, 0.3) is 0 Å². The van der Waals surface area contributed by atoms with Crippen LogP contribution in [0, 0.1) is 6.92 Å². The third kappa shape index (κ3) is 3.04. The van der Waals surface area contributed by atoms with Gasteiger partial charge in [0.1, 0.15) is 17.3 Å². The number of nitrogens with one attached hydrogen (secondary N) is 1. The van der Waals surface area contributed by atoms with Gasteiger partial charge in [-0.25, -0.2) is 4.68 Å². The molecule has 1 aromatic heterocycles. The summed E-state index contributed by atoms with van der Waals surface area (Å²) < 4.78 is 12.5. The molecule has 0 aliphatic rings. The predicted octanol–water partition coefficient (Wildman–Crippen LogP) is 2.42. The second kappa shape index (κ2) is 6.39. The first-order valence-electron chi connectivity index (χ1n) is 6.88. The van der Waals surface area contributed by atoms with Crippen LogP contribution in [0.4, 0.5) is 11.5 Å². The summed E-state index contributed by atoms with van der Waals surface area (Å²) in [6.07, 6.45) is 0. The molecule has 0 spiro atoms. The summed E-state index contributed by atoms with van der Waals surface area (Å²) in [5, 5.41) is 7.73. The van der Waals surface area contributed by atoms with E-state index in [1.54, 1.807) is 14.2 Å². The first-order chi connectivity index (χ1) is 10.1. The molecule has 0 amide bonds. The minimum atomic E-state index is 0.600. The highest BCUT2D eigenvalue weighted by atomic mass is 16.5. The lowest BCUT2D eigenvalue weighted by molar-refractivity contribution is 0.391. The van der Waals surface area contributed by atoms with E-state index in [9.17, 15) is 0 Å². The molecule has 0 radical (unpaired) electrons. The van der Waals surface area contributed by atoms with Crippen molar-refractivity contribution in [2.45, 2.75) is 26.9 Å². The molecule has 0 aliphatic carbocycles. The van der Waals surface area contributed by atoms with Crippen LogP contribution in [0.5, 0.6) is 11.5 Å². The Morgan fingerprint density at radius 2 is 2.05 bits per heavy atom. The number of hydrogen-bond acceptors (Lipinski definition) is 5. The van der Waals surface area contributed by atoms with Gasteiger partial charge in [0.05, 0.1) is 25.6 Å². The molecule has 0 unspecified atom stereocenters. The van der Waals surface area contributed by atoms with Crippen LogP contribution in [-0.4, -0.2) is 24.0 Å². The van der Waals surface area contributed by atoms with E-state index in [0.29, 0.717) is 12.2 Å². The Labute approximate surface area is 124 Å². The van der Waals surface area contributed by atoms with Crippen molar-refractivity contribution < 1.29 is 9.47 Å². The number of ether oxygens (including phenoxy) is 2. The molecular formula is C15H22N4O2. The van der Waals surface area contributed by atoms with Crippen molar-refractivity contribution in [2.24, 2.45) is 0 Å². The van der Waals surface area contributed by atoms with Crippen LogP contribution in [0.2, 0.25) is 0 Å². The number of methoxy groups -OCH3 is 2. The maximum absolute atomic E-state index is 6.06. The van der Waals surface area contributed by atoms with E-state index in [-0.39, 0.29) is 0 Å². The van der Waals surface area contributed by atoms with Crippen LogP contribution >= 0.6 is 0 Å². The van der Waals surface area contributed by atoms with Crippen molar-refractivity contribution in [3.8, 4) is 11.5 Å². The summed E-state index contributed by atoms with van der Waals surface area (Å²) >= 11 is 0. The fourth-order valence-electron chi connectivity index (χ4n) is 2.19. The number of aryl methyl sites for hydroxylation is 2. The second-order valence-electron chi connectivity index (χ2n) is 4.69. The average Bonchev–Trinajstić information content (AvgIpc) is 2.79. The van der Waals surface area contributed by atoms with Crippen LogP contribution in [-0.2, 0) is 13.1 Å². The summed E-state index contributed by atoms with van der Waals surface area (Å²) in [7, 11) is 3.28. The maximum atomic E-state index is 6.06. The predicted molar refractivity (Wildman–Crippen MR) is 83.9 cm³/mol. The first-order valence-corrected chi connectivity index (χ1v) is 6.88. The lowest BCUT2D eigenvalue weighted by Crippen LogP contribution is -2.09. The molecule has 0 saturated carbocycles. The van der Waals surface area contributed by atoms with Gasteiger partial charge < -0.3 is 20.5 Å². The largest absolute Gasteiger partial charge is 0.497 e. The fourth-order valence-corrected chi connectivity index (χ4v) is 2.19. The van der Waals surface area contributed by atoms with Gasteiger partial charge in [0.15, 0.2) is 0 Å². The highest BCUT2D eigenvalue weighted by Crippen LogP contribution is 2.27. The van der Waals surface area contributed by atoms with Gasteiger partial charge in [-0.1, -0.05) is 0 Å². The van der Waals surface area contributed by atoms with Crippen LogP contribution in [0.25, 0.3) is 0 Å². The number of nitrogens with two attached hydrogens (primary N) is 1. The van der Waals surface area contributed by atoms with Crippen molar-refractivity contribution in [1.29, 1.82) is 0 Å². The van der Waals surface area contributed by atoms with Crippen LogP contribution < -0.4 is 20.5 Å². The Hall–Kier alpha value is -2.37. The Balaban J connectivity index is 2.20. The van der Waals surface area contributed by atoms with Crippen LogP contribution in [0.15, 0.2) is 18.2 Å². The van der Waals surface area contributed by atoms with Crippen molar-refractivity contribution in [1.82, 2.24) is 9.78 Å². The molecule has 0 saturated heterocycles. The highest BCUT2D eigenvalue weighted by molar-refractivity contribution is 5.65. The number of aromatic nitrogens is 2. The van der Waals surface area contributed by atoms with Gasteiger partial charge >= 0.3 is 0 Å². The van der Waals surface area contributed by atoms with E-state index in [4.69, 9.17) is 15.2 Å². The normalized spacial score (nSPS) is 10.5. The van der Waals surface area contributed by atoms with E-state index in [0.717, 1.165) is 35.1 Å². The molecule has 0 fully saturated rings. The maximum Gasteiger partial charge on any atom is 0.148 e. The number of nitrogen functional groups attached to an aromatic ring is 1. The molecular weight excluding hydrogens is 268 g/mol. The molecule has 21 heavy (non-hydrogen) atoms. The molecule has 2 aromatic rings. The fraction of sp³-hybridized carbons (Fsp3) is 0.400. The van der Waals surface area contributed by atoms with Crippen molar-refractivity contribution in [2.75, 3.05) is 25.3 Å². The molecule has 6 heteroatoms. The molecule has 3 N–H and O–H groups in total. The monoisotopic (exact) mass is 290 g/mol. The number of anilines is 2. The summed E-state index contributed by atoms with van der Waals surface area (Å²) in [5.41, 5.74) is 8.61. The first kappa shape index (κ1) is 15.0.